The van der Waals surface area contributed by atoms with Crippen molar-refractivity contribution in [3.05, 3.63) is 34.9 Å². The molecule has 1 aromatic rings. The molecule has 1 heterocycles. The molecule has 0 spiro atoms. The molecule has 0 aromatic heterocycles. The van der Waals surface area contributed by atoms with E-state index in [0.717, 1.165) is 37.8 Å². The predicted molar refractivity (Wildman–Crippen MR) is 101 cm³/mol. The third-order valence-corrected chi connectivity index (χ3v) is 8.17. The summed E-state index contributed by atoms with van der Waals surface area (Å²) >= 11 is 0. The fourth-order valence-electron chi connectivity index (χ4n) is 7.22. The molecule has 5 fully saturated rings. The molecule has 1 unspecified atom stereocenters. The van der Waals surface area contributed by atoms with Crippen molar-refractivity contribution in [3.63, 3.8) is 0 Å². The summed E-state index contributed by atoms with van der Waals surface area (Å²) in [6.45, 7) is 3.25. The summed E-state index contributed by atoms with van der Waals surface area (Å²) < 4.78 is 80.6. The largest absolute Gasteiger partial charge is 0.416 e. The Balaban J connectivity index is 1.57. The fraction of sp³-hybridized carbons (Fsp3) is 0.696. The van der Waals surface area contributed by atoms with Crippen molar-refractivity contribution in [2.75, 3.05) is 0 Å². The number of rotatable bonds is 2. The van der Waals surface area contributed by atoms with Gasteiger partial charge in [0.05, 0.1) is 22.6 Å². The second kappa shape index (κ2) is 6.41. The van der Waals surface area contributed by atoms with E-state index in [1.54, 1.807) is 18.7 Å². The number of carbonyl (C=O) groups excluding carboxylic acids is 1. The molecule has 31 heavy (non-hydrogen) atoms. The summed E-state index contributed by atoms with van der Waals surface area (Å²) in [5.41, 5.74) is -3.75. The second-order valence-electron chi connectivity index (χ2n) is 10.6. The van der Waals surface area contributed by atoms with Gasteiger partial charge in [0.25, 0.3) is 0 Å². The Bertz CT molecular complexity index is 857. The molecule has 0 N–H and O–H groups in total. The van der Waals surface area contributed by atoms with Gasteiger partial charge < -0.3 is 4.90 Å². The van der Waals surface area contributed by atoms with Crippen LogP contribution in [-0.4, -0.2) is 16.8 Å². The SMILES string of the molecule is CC1(C)C(=O)N(C2C3CC4CC(C3)CC2C4)C1c1cc(C(F)(F)F)cc(C(F)(F)F)c1. The maximum atomic E-state index is 13.4. The minimum absolute atomic E-state index is 0.0689. The van der Waals surface area contributed by atoms with Crippen molar-refractivity contribution in [1.29, 1.82) is 0 Å². The average molecular weight is 445 g/mol. The van der Waals surface area contributed by atoms with Crippen LogP contribution >= 0.6 is 0 Å². The predicted octanol–water partition coefficient (Wildman–Crippen LogP) is 6.46. The van der Waals surface area contributed by atoms with Crippen molar-refractivity contribution in [2.24, 2.45) is 29.1 Å². The van der Waals surface area contributed by atoms with Gasteiger partial charge in [0, 0.05) is 6.04 Å². The van der Waals surface area contributed by atoms with Crippen LogP contribution in [0.2, 0.25) is 0 Å². The Labute approximate surface area is 177 Å². The highest BCUT2D eigenvalue weighted by molar-refractivity contribution is 5.90. The Kier molecular flexibility index (Phi) is 4.37. The Morgan fingerprint density at radius 3 is 1.68 bits per heavy atom. The van der Waals surface area contributed by atoms with Crippen LogP contribution in [0.1, 0.15) is 68.7 Å². The monoisotopic (exact) mass is 445 g/mol. The first-order valence-electron chi connectivity index (χ1n) is 10.9. The van der Waals surface area contributed by atoms with Crippen LogP contribution in [0.15, 0.2) is 18.2 Å². The van der Waals surface area contributed by atoms with Crippen LogP contribution in [0.3, 0.4) is 0 Å². The lowest BCUT2D eigenvalue weighted by molar-refractivity contribution is -0.191. The highest BCUT2D eigenvalue weighted by Gasteiger charge is 2.62. The molecule has 5 aliphatic rings. The molecule has 4 saturated carbocycles. The molecule has 1 atom stereocenters. The van der Waals surface area contributed by atoms with E-state index < -0.39 is 34.9 Å². The summed E-state index contributed by atoms with van der Waals surface area (Å²) in [6, 6.07) is 0.895. The number of carbonyl (C=O) groups is 1. The van der Waals surface area contributed by atoms with Crippen LogP contribution in [0.4, 0.5) is 26.3 Å². The molecule has 1 aromatic carbocycles. The van der Waals surface area contributed by atoms with Crippen LogP contribution in [0.25, 0.3) is 0 Å². The van der Waals surface area contributed by atoms with Gasteiger partial charge in [-0.2, -0.15) is 26.3 Å². The first kappa shape index (κ1) is 21.1. The summed E-state index contributed by atoms with van der Waals surface area (Å²) in [5, 5.41) is 0. The molecular weight excluding hydrogens is 420 g/mol. The minimum atomic E-state index is -4.90. The van der Waals surface area contributed by atoms with Crippen molar-refractivity contribution < 1.29 is 31.1 Å². The van der Waals surface area contributed by atoms with E-state index in [0.29, 0.717) is 23.7 Å². The van der Waals surface area contributed by atoms with E-state index in [-0.39, 0.29) is 23.6 Å². The molecule has 170 valence electrons. The fourth-order valence-corrected chi connectivity index (χ4v) is 7.22. The van der Waals surface area contributed by atoms with Crippen LogP contribution in [0, 0.1) is 29.1 Å². The zero-order chi connectivity index (χ0) is 22.5. The van der Waals surface area contributed by atoms with Crippen molar-refractivity contribution in [2.45, 2.75) is 70.4 Å². The highest BCUT2D eigenvalue weighted by atomic mass is 19.4. The number of nitrogens with zero attached hydrogens (tertiary/aromatic N) is 1. The van der Waals surface area contributed by atoms with Gasteiger partial charge in [0.2, 0.25) is 5.91 Å². The maximum absolute atomic E-state index is 13.4. The molecule has 4 aliphatic carbocycles. The molecule has 0 radical (unpaired) electrons. The number of benzene rings is 1. The first-order chi connectivity index (χ1) is 14.3. The van der Waals surface area contributed by atoms with Crippen LogP contribution in [-0.2, 0) is 17.1 Å². The lowest BCUT2D eigenvalue weighted by Gasteiger charge is -2.64. The number of amides is 1. The zero-order valence-corrected chi connectivity index (χ0v) is 17.4. The number of likely N-dealkylation sites (tertiary alicyclic amines) is 1. The third-order valence-electron chi connectivity index (χ3n) is 8.17. The van der Waals surface area contributed by atoms with Crippen molar-refractivity contribution in [1.82, 2.24) is 4.90 Å². The van der Waals surface area contributed by atoms with Crippen molar-refractivity contribution >= 4 is 5.91 Å². The van der Waals surface area contributed by atoms with Crippen molar-refractivity contribution in [3.8, 4) is 0 Å². The number of hydrogen-bond donors (Lipinski definition) is 0. The molecule has 2 nitrogen and oxygen atoms in total. The Hall–Kier alpha value is -1.73. The van der Waals surface area contributed by atoms with E-state index in [2.05, 4.69) is 0 Å². The van der Waals surface area contributed by atoms with E-state index in [1.165, 1.54) is 6.42 Å². The van der Waals surface area contributed by atoms with E-state index in [9.17, 15) is 31.1 Å². The van der Waals surface area contributed by atoms with Gasteiger partial charge in [-0.05, 0) is 93.4 Å². The number of β-lactam (4-membered cyclic amide) rings is 1. The van der Waals surface area contributed by atoms with E-state index in [4.69, 9.17) is 0 Å². The smallest absolute Gasteiger partial charge is 0.331 e. The van der Waals surface area contributed by atoms with Gasteiger partial charge in [0.1, 0.15) is 0 Å². The lowest BCUT2D eigenvalue weighted by Crippen LogP contribution is -2.69. The van der Waals surface area contributed by atoms with Gasteiger partial charge in [-0.1, -0.05) is 0 Å². The zero-order valence-electron chi connectivity index (χ0n) is 17.4. The van der Waals surface area contributed by atoms with Gasteiger partial charge in [0.15, 0.2) is 0 Å². The molecule has 1 amide bonds. The topological polar surface area (TPSA) is 20.3 Å². The molecular formula is C23H25F6NO. The summed E-state index contributed by atoms with van der Waals surface area (Å²) in [4.78, 5) is 14.8. The number of alkyl halides is 6. The quantitative estimate of drug-likeness (QED) is 0.378. The van der Waals surface area contributed by atoms with Gasteiger partial charge in [-0.3, -0.25) is 4.79 Å². The average Bonchev–Trinajstić information content (AvgIpc) is 2.64. The first-order valence-corrected chi connectivity index (χ1v) is 10.9. The Morgan fingerprint density at radius 1 is 0.806 bits per heavy atom. The lowest BCUT2D eigenvalue weighted by atomic mass is 9.52. The van der Waals surface area contributed by atoms with Crippen LogP contribution < -0.4 is 0 Å². The molecule has 8 heteroatoms. The third kappa shape index (κ3) is 3.18. The highest BCUT2D eigenvalue weighted by Crippen LogP contribution is 2.61. The van der Waals surface area contributed by atoms with E-state index >= 15 is 0 Å². The minimum Gasteiger partial charge on any atom is -0.331 e. The van der Waals surface area contributed by atoms with E-state index in [1.807, 2.05) is 0 Å². The number of hydrogen-bond acceptors (Lipinski definition) is 1. The summed E-state index contributed by atoms with van der Waals surface area (Å²) in [7, 11) is 0. The van der Waals surface area contributed by atoms with Gasteiger partial charge >= 0.3 is 12.4 Å². The summed E-state index contributed by atoms with van der Waals surface area (Å²) in [5.74, 6) is 1.72. The van der Waals surface area contributed by atoms with Gasteiger partial charge in [-0.15, -0.1) is 0 Å². The van der Waals surface area contributed by atoms with Gasteiger partial charge in [-0.25, -0.2) is 0 Å². The molecule has 1 saturated heterocycles. The second-order valence-corrected chi connectivity index (χ2v) is 10.6. The molecule has 1 aliphatic heterocycles. The molecule has 6 rings (SSSR count). The molecule has 4 bridgehead atoms. The Morgan fingerprint density at radius 2 is 1.26 bits per heavy atom. The standard InChI is InChI=1S/C23H25F6NO/c1-21(2)19(15-8-16(22(24,25)26)10-17(9-15)23(27,28)29)30(20(21)31)18-13-4-11-3-12(6-13)7-14(18)5-11/h8-14,18-19H,3-7H2,1-2H3. The summed E-state index contributed by atoms with van der Waals surface area (Å²) in [6.07, 6.45) is -4.57. The normalized spacial score (nSPS) is 36.6. The van der Waals surface area contributed by atoms with Crippen LogP contribution in [0.5, 0.6) is 0 Å². The maximum Gasteiger partial charge on any atom is 0.416 e. The number of halogens is 6.